The van der Waals surface area contributed by atoms with Crippen molar-refractivity contribution in [3.05, 3.63) is 65.5 Å². The number of benzene rings is 1. The van der Waals surface area contributed by atoms with Crippen molar-refractivity contribution in [2.24, 2.45) is 0 Å². The van der Waals surface area contributed by atoms with Crippen molar-refractivity contribution in [3.8, 4) is 0 Å². The van der Waals surface area contributed by atoms with E-state index in [1.807, 2.05) is 6.07 Å². The van der Waals surface area contributed by atoms with Gasteiger partial charge in [0.2, 0.25) is 0 Å². The summed E-state index contributed by atoms with van der Waals surface area (Å²) >= 11 is 0. The van der Waals surface area contributed by atoms with Gasteiger partial charge < -0.3 is 10.0 Å². The predicted octanol–water partition coefficient (Wildman–Crippen LogP) is 2.29. The highest BCUT2D eigenvalue weighted by Crippen LogP contribution is 2.34. The molecule has 0 radical (unpaired) electrons. The number of aromatic nitrogens is 1. The van der Waals surface area contributed by atoms with Crippen LogP contribution in [0.1, 0.15) is 34.3 Å². The second kappa shape index (κ2) is 5.60. The molecule has 0 saturated heterocycles. The summed E-state index contributed by atoms with van der Waals surface area (Å²) in [6.07, 6.45) is 3.36. The van der Waals surface area contributed by atoms with Gasteiger partial charge in [0.05, 0.1) is 0 Å². The van der Waals surface area contributed by atoms with E-state index in [-0.39, 0.29) is 5.91 Å². The Labute approximate surface area is 128 Å². The van der Waals surface area contributed by atoms with Crippen LogP contribution in [-0.4, -0.2) is 32.9 Å². The predicted molar refractivity (Wildman–Crippen MR) is 80.4 cm³/mol. The molecule has 3 rings (SSSR count). The zero-order valence-electron chi connectivity index (χ0n) is 12.1. The van der Waals surface area contributed by atoms with Crippen LogP contribution in [0.25, 0.3) is 0 Å². The van der Waals surface area contributed by atoms with E-state index < -0.39 is 17.9 Å². The Balaban J connectivity index is 2.02. The fourth-order valence-corrected chi connectivity index (χ4v) is 2.99. The molecule has 0 aliphatic carbocycles. The molecule has 1 aliphatic heterocycles. The first-order valence-electron chi connectivity index (χ1n) is 7.11. The summed E-state index contributed by atoms with van der Waals surface area (Å²) in [6.45, 7) is 2.13. The fourth-order valence-electron chi connectivity index (χ4n) is 2.99. The molecule has 0 saturated carbocycles. The summed E-state index contributed by atoms with van der Waals surface area (Å²) in [5, 5.41) is 9.58. The van der Waals surface area contributed by atoms with E-state index in [1.54, 1.807) is 54.5 Å². The minimum absolute atomic E-state index is 0.135. The van der Waals surface area contributed by atoms with Crippen LogP contribution >= 0.6 is 0 Å². The first-order valence-corrected chi connectivity index (χ1v) is 7.11. The zero-order chi connectivity index (χ0) is 15.7. The Bertz CT molecular complexity index is 715. The van der Waals surface area contributed by atoms with Gasteiger partial charge in [0.25, 0.3) is 5.91 Å². The smallest absolute Gasteiger partial charge is 0.313 e. The number of carbonyl (C=O) groups excluding carboxylic acids is 1. The molecule has 0 spiro atoms. The fraction of sp³-hybridized carbons (Fsp3) is 0.235. The molecule has 1 aromatic heterocycles. The molecule has 2 unspecified atom stereocenters. The van der Waals surface area contributed by atoms with Gasteiger partial charge in [0, 0.05) is 30.5 Å². The van der Waals surface area contributed by atoms with Gasteiger partial charge >= 0.3 is 5.97 Å². The Morgan fingerprint density at radius 2 is 2.05 bits per heavy atom. The lowest BCUT2D eigenvalue weighted by Gasteiger charge is -2.38. The Morgan fingerprint density at radius 1 is 1.27 bits per heavy atom. The summed E-state index contributed by atoms with van der Waals surface area (Å²) < 4.78 is 0. The van der Waals surface area contributed by atoms with Crippen molar-refractivity contribution in [1.29, 1.82) is 0 Å². The number of carboxylic acid groups (broad SMARTS) is 1. The van der Waals surface area contributed by atoms with Crippen LogP contribution in [0.3, 0.4) is 0 Å². The molecule has 22 heavy (non-hydrogen) atoms. The summed E-state index contributed by atoms with van der Waals surface area (Å²) in [5.41, 5.74) is 1.94. The topological polar surface area (TPSA) is 70.5 Å². The largest absolute Gasteiger partial charge is 0.481 e. The number of rotatable bonds is 3. The number of fused-ring (bicyclic) bond motifs is 1. The lowest BCUT2D eigenvalue weighted by Crippen LogP contribution is -2.48. The molecule has 2 atom stereocenters. The van der Waals surface area contributed by atoms with Crippen molar-refractivity contribution in [2.75, 3.05) is 0 Å². The van der Waals surface area contributed by atoms with E-state index in [2.05, 4.69) is 4.98 Å². The van der Waals surface area contributed by atoms with Gasteiger partial charge in [-0.05, 0) is 30.2 Å². The number of carbonyl (C=O) groups is 2. The van der Waals surface area contributed by atoms with Crippen LogP contribution in [0.4, 0.5) is 0 Å². The molecule has 1 amide bonds. The lowest BCUT2D eigenvalue weighted by molar-refractivity contribution is -0.140. The van der Waals surface area contributed by atoms with Crippen molar-refractivity contribution in [3.63, 3.8) is 0 Å². The highest BCUT2D eigenvalue weighted by molar-refractivity contribution is 6.00. The molecule has 2 heterocycles. The van der Waals surface area contributed by atoms with Gasteiger partial charge in [-0.3, -0.25) is 14.6 Å². The first-order chi connectivity index (χ1) is 10.6. The third-order valence-electron chi connectivity index (χ3n) is 4.10. The van der Waals surface area contributed by atoms with Gasteiger partial charge in [-0.2, -0.15) is 0 Å². The van der Waals surface area contributed by atoms with Crippen LogP contribution in [0.2, 0.25) is 0 Å². The molecule has 112 valence electrons. The number of pyridine rings is 1. The number of nitrogens with zero attached hydrogens (tertiary/aromatic N) is 2. The van der Waals surface area contributed by atoms with Crippen LogP contribution in [0, 0.1) is 0 Å². The third kappa shape index (κ3) is 2.35. The molecule has 1 N–H and O–H groups in total. The average Bonchev–Trinajstić information content (AvgIpc) is 2.52. The van der Waals surface area contributed by atoms with Crippen LogP contribution in [0.5, 0.6) is 0 Å². The van der Waals surface area contributed by atoms with Gasteiger partial charge in [0.1, 0.15) is 5.92 Å². The van der Waals surface area contributed by atoms with Crippen molar-refractivity contribution in [1.82, 2.24) is 9.88 Å². The van der Waals surface area contributed by atoms with Gasteiger partial charge in [-0.15, -0.1) is 0 Å². The number of carboxylic acids is 1. The molecule has 5 heteroatoms. The van der Waals surface area contributed by atoms with Crippen LogP contribution in [-0.2, 0) is 11.3 Å². The minimum atomic E-state index is -0.913. The highest BCUT2D eigenvalue weighted by Gasteiger charge is 2.40. The van der Waals surface area contributed by atoms with Gasteiger partial charge in [-0.1, -0.05) is 24.3 Å². The summed E-state index contributed by atoms with van der Waals surface area (Å²) in [5.74, 6) is -1.77. The quantitative estimate of drug-likeness (QED) is 0.943. The molecule has 2 aromatic rings. The standard InChI is InChI=1S/C17H16N2O3/c1-11-15(17(21)22)13-6-2-3-7-14(13)16(20)19(11)10-12-5-4-8-18-9-12/h2-9,11,15H,10H2,1H3,(H,21,22). The number of aliphatic carboxylic acids is 1. The first kappa shape index (κ1) is 14.3. The Hall–Kier alpha value is -2.69. The third-order valence-corrected chi connectivity index (χ3v) is 4.10. The van der Waals surface area contributed by atoms with Crippen LogP contribution in [0.15, 0.2) is 48.8 Å². The van der Waals surface area contributed by atoms with Crippen molar-refractivity contribution < 1.29 is 14.7 Å². The van der Waals surface area contributed by atoms with E-state index in [1.165, 1.54) is 0 Å². The zero-order valence-corrected chi connectivity index (χ0v) is 12.1. The number of amides is 1. The lowest BCUT2D eigenvalue weighted by atomic mass is 9.83. The maximum atomic E-state index is 12.7. The van der Waals surface area contributed by atoms with E-state index in [0.717, 1.165) is 5.56 Å². The minimum Gasteiger partial charge on any atom is -0.481 e. The number of hydrogen-bond acceptors (Lipinski definition) is 3. The maximum absolute atomic E-state index is 12.7. The Kier molecular flexibility index (Phi) is 3.63. The molecule has 0 fully saturated rings. The molecular formula is C17H16N2O3. The molecule has 1 aliphatic rings. The van der Waals surface area contributed by atoms with Gasteiger partial charge in [0.15, 0.2) is 0 Å². The van der Waals surface area contributed by atoms with E-state index in [0.29, 0.717) is 17.7 Å². The van der Waals surface area contributed by atoms with E-state index in [9.17, 15) is 14.7 Å². The second-order valence-electron chi connectivity index (χ2n) is 5.44. The molecule has 0 bridgehead atoms. The van der Waals surface area contributed by atoms with Crippen molar-refractivity contribution in [2.45, 2.75) is 25.4 Å². The normalized spacial score (nSPS) is 20.6. The van der Waals surface area contributed by atoms with E-state index in [4.69, 9.17) is 0 Å². The second-order valence-corrected chi connectivity index (χ2v) is 5.44. The maximum Gasteiger partial charge on any atom is 0.313 e. The number of hydrogen-bond donors (Lipinski definition) is 1. The summed E-state index contributed by atoms with van der Waals surface area (Å²) in [4.78, 5) is 30.0. The summed E-state index contributed by atoms with van der Waals surface area (Å²) in [7, 11) is 0. The monoisotopic (exact) mass is 296 g/mol. The Morgan fingerprint density at radius 3 is 2.73 bits per heavy atom. The van der Waals surface area contributed by atoms with Crippen LogP contribution < -0.4 is 0 Å². The van der Waals surface area contributed by atoms with E-state index >= 15 is 0 Å². The van der Waals surface area contributed by atoms with Gasteiger partial charge in [-0.25, -0.2) is 0 Å². The molecule has 1 aromatic carbocycles. The SMILES string of the molecule is CC1C(C(=O)O)c2ccccc2C(=O)N1Cc1cccnc1. The van der Waals surface area contributed by atoms with Crippen molar-refractivity contribution >= 4 is 11.9 Å². The summed E-state index contributed by atoms with van der Waals surface area (Å²) in [6, 6.07) is 10.2. The molecule has 5 nitrogen and oxygen atoms in total. The average molecular weight is 296 g/mol. The molecular weight excluding hydrogens is 280 g/mol. The highest BCUT2D eigenvalue weighted by atomic mass is 16.4.